The molecule has 19 heavy (non-hydrogen) atoms. The Morgan fingerprint density at radius 2 is 1.79 bits per heavy atom. The van der Waals surface area contributed by atoms with Crippen molar-refractivity contribution in [1.29, 1.82) is 0 Å². The van der Waals surface area contributed by atoms with E-state index in [1.54, 1.807) is 6.92 Å². The van der Waals surface area contributed by atoms with E-state index in [0.717, 1.165) is 17.1 Å². The van der Waals surface area contributed by atoms with Gasteiger partial charge in [-0.05, 0) is 37.3 Å². The third-order valence-electron chi connectivity index (χ3n) is 2.44. The summed E-state index contributed by atoms with van der Waals surface area (Å²) in [5.41, 5.74) is 2.93. The van der Waals surface area contributed by atoms with Gasteiger partial charge in [-0.2, -0.15) is 5.48 Å². The molecule has 0 aliphatic heterocycles. The monoisotopic (exact) mass is 253 g/mol. The number of hydrogen-bond donors (Lipinski definition) is 2. The fourth-order valence-electron chi connectivity index (χ4n) is 1.49. The van der Waals surface area contributed by atoms with Gasteiger partial charge in [0.2, 0.25) is 0 Å². The van der Waals surface area contributed by atoms with Crippen LogP contribution in [0.25, 0.3) is 0 Å². The molecule has 0 aliphatic carbocycles. The van der Waals surface area contributed by atoms with Gasteiger partial charge in [-0.1, -0.05) is 36.1 Å². The number of nitrogens with one attached hydrogen (secondary N) is 1. The lowest BCUT2D eigenvalue weighted by atomic mass is 10.2. The molecule has 0 radical (unpaired) electrons. The van der Waals surface area contributed by atoms with E-state index in [2.05, 4.69) is 17.3 Å². The Kier molecular flexibility index (Phi) is 4.57. The lowest BCUT2D eigenvalue weighted by Crippen LogP contribution is -2.19. The summed E-state index contributed by atoms with van der Waals surface area (Å²) < 4.78 is 5.72. The predicted octanol–water partition coefficient (Wildman–Crippen LogP) is 3.20. The lowest BCUT2D eigenvalue weighted by Gasteiger charge is -2.05. The van der Waals surface area contributed by atoms with Crippen LogP contribution in [0.15, 0.2) is 54.6 Å². The van der Waals surface area contributed by atoms with Crippen LogP contribution in [0.2, 0.25) is 0 Å². The molecule has 96 valence electrons. The highest BCUT2D eigenvalue weighted by Gasteiger charge is 1.97. The van der Waals surface area contributed by atoms with E-state index >= 15 is 0 Å². The largest absolute Gasteiger partial charge is 0.457 e. The normalized spacial score (nSPS) is 11.3. The minimum atomic E-state index is -0.265. The summed E-state index contributed by atoms with van der Waals surface area (Å²) in [6.07, 6.45) is 0. The number of hydroxylamine groups is 1. The number of rotatable bonds is 3. The van der Waals surface area contributed by atoms with Crippen molar-refractivity contribution < 1.29 is 9.94 Å². The molecule has 0 saturated heterocycles. The molecule has 1 unspecified atom stereocenters. The van der Waals surface area contributed by atoms with Crippen LogP contribution in [0.3, 0.4) is 0 Å². The molecule has 0 heterocycles. The second-order valence-corrected chi connectivity index (χ2v) is 4.06. The van der Waals surface area contributed by atoms with Gasteiger partial charge in [0, 0.05) is 5.56 Å². The second kappa shape index (κ2) is 6.60. The van der Waals surface area contributed by atoms with Gasteiger partial charge < -0.3 is 9.94 Å². The molecule has 0 spiro atoms. The van der Waals surface area contributed by atoms with Crippen molar-refractivity contribution in [3.05, 3.63) is 60.2 Å². The van der Waals surface area contributed by atoms with Crippen molar-refractivity contribution in [2.24, 2.45) is 0 Å². The van der Waals surface area contributed by atoms with E-state index in [0.29, 0.717) is 0 Å². The molecule has 3 heteroatoms. The molecule has 3 nitrogen and oxygen atoms in total. The lowest BCUT2D eigenvalue weighted by molar-refractivity contribution is 0.152. The molecular weight excluding hydrogens is 238 g/mol. The third kappa shape index (κ3) is 4.14. The van der Waals surface area contributed by atoms with Gasteiger partial charge in [-0.15, -0.1) is 0 Å². The SMILES string of the molecule is CC(C#Cc1cccc(Oc2ccccc2)c1)NO. The topological polar surface area (TPSA) is 41.5 Å². The van der Waals surface area contributed by atoms with Crippen molar-refractivity contribution >= 4 is 0 Å². The van der Waals surface area contributed by atoms with E-state index in [1.165, 1.54) is 0 Å². The maximum Gasteiger partial charge on any atom is 0.128 e. The average molecular weight is 253 g/mol. The van der Waals surface area contributed by atoms with Gasteiger partial charge in [-0.3, -0.25) is 0 Å². The summed E-state index contributed by atoms with van der Waals surface area (Å²) in [6.45, 7) is 1.78. The summed E-state index contributed by atoms with van der Waals surface area (Å²) in [7, 11) is 0. The fourth-order valence-corrected chi connectivity index (χ4v) is 1.49. The van der Waals surface area contributed by atoms with Crippen LogP contribution in [0.5, 0.6) is 11.5 Å². The zero-order valence-electron chi connectivity index (χ0n) is 10.6. The molecule has 0 bridgehead atoms. The molecule has 2 N–H and O–H groups in total. The molecule has 0 aromatic heterocycles. The maximum atomic E-state index is 8.69. The molecule has 1 atom stereocenters. The van der Waals surface area contributed by atoms with Crippen molar-refractivity contribution in [3.8, 4) is 23.3 Å². The smallest absolute Gasteiger partial charge is 0.128 e. The molecule has 2 rings (SSSR count). The van der Waals surface area contributed by atoms with E-state index in [9.17, 15) is 0 Å². The standard InChI is InChI=1S/C16H15NO2/c1-13(17-18)10-11-14-6-5-9-16(12-14)19-15-7-3-2-4-8-15/h2-9,12-13,17-18H,1H3. The van der Waals surface area contributed by atoms with Crippen LogP contribution >= 0.6 is 0 Å². The minimum Gasteiger partial charge on any atom is -0.457 e. The zero-order valence-corrected chi connectivity index (χ0v) is 10.6. The van der Waals surface area contributed by atoms with Crippen LogP contribution in [0, 0.1) is 11.8 Å². The molecule has 0 aliphatic rings. The third-order valence-corrected chi connectivity index (χ3v) is 2.44. The van der Waals surface area contributed by atoms with E-state index in [-0.39, 0.29) is 6.04 Å². The summed E-state index contributed by atoms with van der Waals surface area (Å²) in [6, 6.07) is 16.9. The molecule has 0 amide bonds. The Morgan fingerprint density at radius 3 is 2.53 bits per heavy atom. The summed E-state index contributed by atoms with van der Waals surface area (Å²) in [5, 5.41) is 8.69. The molecule has 0 fully saturated rings. The first kappa shape index (κ1) is 13.2. The highest BCUT2D eigenvalue weighted by molar-refractivity contribution is 5.42. The van der Waals surface area contributed by atoms with Gasteiger partial charge in [0.05, 0.1) is 6.04 Å². The van der Waals surface area contributed by atoms with Crippen molar-refractivity contribution in [3.63, 3.8) is 0 Å². The van der Waals surface area contributed by atoms with Crippen molar-refractivity contribution in [2.75, 3.05) is 0 Å². The van der Waals surface area contributed by atoms with Gasteiger partial charge in [0.1, 0.15) is 11.5 Å². The second-order valence-electron chi connectivity index (χ2n) is 4.06. The molecule has 2 aromatic carbocycles. The molecule has 0 saturated carbocycles. The Balaban J connectivity index is 2.13. The van der Waals surface area contributed by atoms with Crippen LogP contribution in [-0.4, -0.2) is 11.2 Å². The Hall–Kier alpha value is -2.28. The van der Waals surface area contributed by atoms with Gasteiger partial charge >= 0.3 is 0 Å². The number of benzene rings is 2. The summed E-state index contributed by atoms with van der Waals surface area (Å²) in [4.78, 5) is 0. The van der Waals surface area contributed by atoms with Crippen LogP contribution < -0.4 is 10.2 Å². The zero-order chi connectivity index (χ0) is 13.5. The van der Waals surface area contributed by atoms with Gasteiger partial charge in [-0.25, -0.2) is 0 Å². The maximum absolute atomic E-state index is 8.69. The van der Waals surface area contributed by atoms with Crippen LogP contribution in [0.1, 0.15) is 12.5 Å². The van der Waals surface area contributed by atoms with E-state index < -0.39 is 0 Å². The number of para-hydroxylation sites is 1. The average Bonchev–Trinajstić information content (AvgIpc) is 2.46. The van der Waals surface area contributed by atoms with E-state index in [1.807, 2.05) is 54.6 Å². The number of ether oxygens (including phenoxy) is 1. The molecular formula is C16H15NO2. The first-order valence-electron chi connectivity index (χ1n) is 6.02. The first-order valence-corrected chi connectivity index (χ1v) is 6.02. The highest BCUT2D eigenvalue weighted by Crippen LogP contribution is 2.21. The Labute approximate surface area is 112 Å². The Morgan fingerprint density at radius 1 is 1.05 bits per heavy atom. The summed E-state index contributed by atoms with van der Waals surface area (Å²) in [5.74, 6) is 7.37. The Bertz CT molecular complexity index is 584. The van der Waals surface area contributed by atoms with Crippen molar-refractivity contribution in [1.82, 2.24) is 5.48 Å². The highest BCUT2D eigenvalue weighted by atomic mass is 16.5. The predicted molar refractivity (Wildman–Crippen MR) is 74.2 cm³/mol. The minimum absolute atomic E-state index is 0.265. The van der Waals surface area contributed by atoms with Crippen LogP contribution in [0.4, 0.5) is 0 Å². The van der Waals surface area contributed by atoms with Crippen LogP contribution in [-0.2, 0) is 0 Å². The van der Waals surface area contributed by atoms with E-state index in [4.69, 9.17) is 9.94 Å². The molecule has 2 aromatic rings. The van der Waals surface area contributed by atoms with Crippen molar-refractivity contribution in [2.45, 2.75) is 13.0 Å². The number of hydrogen-bond acceptors (Lipinski definition) is 3. The van der Waals surface area contributed by atoms with Gasteiger partial charge in [0.25, 0.3) is 0 Å². The fraction of sp³-hybridized carbons (Fsp3) is 0.125. The summed E-state index contributed by atoms with van der Waals surface area (Å²) >= 11 is 0. The first-order chi connectivity index (χ1) is 9.28. The van der Waals surface area contributed by atoms with Gasteiger partial charge in [0.15, 0.2) is 0 Å². The quantitative estimate of drug-likeness (QED) is 0.652.